The SMILES string of the molecule is Cc1ccc(=O)n(Cc2ccc(C(=O)O)cc2)n1. The lowest BCUT2D eigenvalue weighted by Crippen LogP contribution is -2.22. The first kappa shape index (κ1) is 12.0. The maximum Gasteiger partial charge on any atom is 0.335 e. The van der Waals surface area contributed by atoms with E-state index in [-0.39, 0.29) is 11.1 Å². The summed E-state index contributed by atoms with van der Waals surface area (Å²) in [5.74, 6) is -0.965. The van der Waals surface area contributed by atoms with E-state index >= 15 is 0 Å². The van der Waals surface area contributed by atoms with Gasteiger partial charge in [0.15, 0.2) is 0 Å². The summed E-state index contributed by atoms with van der Waals surface area (Å²) < 4.78 is 1.35. The molecule has 2 aromatic rings. The molecule has 1 aromatic heterocycles. The zero-order chi connectivity index (χ0) is 13.1. The lowest BCUT2D eigenvalue weighted by Gasteiger charge is -2.05. The molecule has 1 N–H and O–H groups in total. The van der Waals surface area contributed by atoms with Crippen molar-refractivity contribution in [3.8, 4) is 0 Å². The quantitative estimate of drug-likeness (QED) is 0.883. The Kier molecular flexibility index (Phi) is 3.23. The minimum absolute atomic E-state index is 0.178. The summed E-state index contributed by atoms with van der Waals surface area (Å²) in [6, 6.07) is 9.51. The number of aryl methyl sites for hydroxylation is 1. The molecule has 0 bridgehead atoms. The summed E-state index contributed by atoms with van der Waals surface area (Å²) >= 11 is 0. The molecule has 1 heterocycles. The number of carboxylic acids is 1. The molecular formula is C13H12N2O3. The first-order valence-corrected chi connectivity index (χ1v) is 5.43. The van der Waals surface area contributed by atoms with Gasteiger partial charge in [-0.05, 0) is 30.7 Å². The second-order valence-corrected chi connectivity index (χ2v) is 3.97. The smallest absolute Gasteiger partial charge is 0.335 e. The molecule has 1 aromatic carbocycles. The van der Waals surface area contributed by atoms with Gasteiger partial charge in [-0.15, -0.1) is 0 Å². The Labute approximate surface area is 103 Å². The standard InChI is InChI=1S/C13H12N2O3/c1-9-2-7-12(16)15(14-9)8-10-3-5-11(6-4-10)13(17)18/h2-7H,8H2,1H3,(H,17,18). The van der Waals surface area contributed by atoms with Crippen molar-refractivity contribution in [2.24, 2.45) is 0 Å². The maximum absolute atomic E-state index is 11.6. The van der Waals surface area contributed by atoms with Crippen molar-refractivity contribution in [3.05, 3.63) is 63.6 Å². The molecule has 5 heteroatoms. The largest absolute Gasteiger partial charge is 0.478 e. The zero-order valence-corrected chi connectivity index (χ0v) is 9.83. The van der Waals surface area contributed by atoms with Gasteiger partial charge >= 0.3 is 5.97 Å². The lowest BCUT2D eigenvalue weighted by molar-refractivity contribution is 0.0697. The van der Waals surface area contributed by atoms with Crippen LogP contribution in [0.2, 0.25) is 0 Å². The van der Waals surface area contributed by atoms with Gasteiger partial charge in [0.1, 0.15) is 0 Å². The minimum atomic E-state index is -0.965. The van der Waals surface area contributed by atoms with E-state index in [1.54, 1.807) is 18.2 Å². The van der Waals surface area contributed by atoms with Crippen LogP contribution in [-0.2, 0) is 6.54 Å². The molecule has 92 valence electrons. The van der Waals surface area contributed by atoms with Crippen molar-refractivity contribution in [2.75, 3.05) is 0 Å². The molecule has 0 fully saturated rings. The fourth-order valence-corrected chi connectivity index (χ4v) is 1.59. The summed E-state index contributed by atoms with van der Waals surface area (Å²) in [5, 5.41) is 12.9. The number of hydrogen-bond acceptors (Lipinski definition) is 3. The third kappa shape index (κ3) is 2.63. The van der Waals surface area contributed by atoms with E-state index in [0.717, 1.165) is 11.3 Å². The molecule has 0 unspecified atom stereocenters. The van der Waals surface area contributed by atoms with E-state index in [2.05, 4.69) is 5.10 Å². The topological polar surface area (TPSA) is 72.2 Å². The van der Waals surface area contributed by atoms with Crippen molar-refractivity contribution in [1.82, 2.24) is 9.78 Å². The van der Waals surface area contributed by atoms with Crippen LogP contribution in [0.1, 0.15) is 21.6 Å². The van der Waals surface area contributed by atoms with Gasteiger partial charge in [-0.1, -0.05) is 12.1 Å². The zero-order valence-electron chi connectivity index (χ0n) is 9.83. The molecule has 0 atom stereocenters. The van der Waals surface area contributed by atoms with Crippen LogP contribution in [0.5, 0.6) is 0 Å². The summed E-state index contributed by atoms with van der Waals surface area (Å²) in [6.45, 7) is 2.14. The summed E-state index contributed by atoms with van der Waals surface area (Å²) in [5.41, 5.74) is 1.64. The second kappa shape index (κ2) is 4.83. The molecular weight excluding hydrogens is 232 g/mol. The highest BCUT2D eigenvalue weighted by molar-refractivity contribution is 5.87. The molecule has 0 radical (unpaired) electrons. The normalized spacial score (nSPS) is 10.3. The molecule has 0 saturated carbocycles. The summed E-state index contributed by atoms with van der Waals surface area (Å²) in [4.78, 5) is 22.3. The molecule has 0 aliphatic heterocycles. The highest BCUT2D eigenvalue weighted by Crippen LogP contribution is 2.05. The van der Waals surface area contributed by atoms with Gasteiger partial charge in [-0.3, -0.25) is 4.79 Å². The monoisotopic (exact) mass is 244 g/mol. The first-order valence-electron chi connectivity index (χ1n) is 5.43. The minimum Gasteiger partial charge on any atom is -0.478 e. The highest BCUT2D eigenvalue weighted by atomic mass is 16.4. The third-order valence-corrected chi connectivity index (χ3v) is 2.53. The highest BCUT2D eigenvalue weighted by Gasteiger charge is 2.03. The number of carboxylic acid groups (broad SMARTS) is 1. The molecule has 5 nitrogen and oxygen atoms in total. The van der Waals surface area contributed by atoms with Crippen LogP contribution in [-0.4, -0.2) is 20.9 Å². The van der Waals surface area contributed by atoms with Crippen molar-refractivity contribution in [3.63, 3.8) is 0 Å². The first-order chi connectivity index (χ1) is 8.56. The van der Waals surface area contributed by atoms with Gasteiger partial charge in [0.2, 0.25) is 0 Å². The number of benzene rings is 1. The van der Waals surface area contributed by atoms with Gasteiger partial charge in [-0.2, -0.15) is 5.10 Å². The van der Waals surface area contributed by atoms with Crippen molar-refractivity contribution in [1.29, 1.82) is 0 Å². The fraction of sp³-hybridized carbons (Fsp3) is 0.154. The maximum atomic E-state index is 11.6. The summed E-state index contributed by atoms with van der Waals surface area (Å²) in [6.07, 6.45) is 0. The predicted octanol–water partition coefficient (Wildman–Crippen LogP) is 1.30. The number of nitrogens with zero attached hydrogens (tertiary/aromatic N) is 2. The second-order valence-electron chi connectivity index (χ2n) is 3.97. The Morgan fingerprint density at radius 1 is 1.22 bits per heavy atom. The average Bonchev–Trinajstić information content (AvgIpc) is 2.34. The van der Waals surface area contributed by atoms with Crippen LogP contribution in [0.15, 0.2) is 41.2 Å². The Bertz CT molecular complexity index is 629. The van der Waals surface area contributed by atoms with E-state index < -0.39 is 5.97 Å². The Morgan fingerprint density at radius 3 is 2.50 bits per heavy atom. The third-order valence-electron chi connectivity index (χ3n) is 2.53. The van der Waals surface area contributed by atoms with Gasteiger partial charge < -0.3 is 5.11 Å². The van der Waals surface area contributed by atoms with Gasteiger partial charge in [-0.25, -0.2) is 9.48 Å². The summed E-state index contributed by atoms with van der Waals surface area (Å²) in [7, 11) is 0. The van der Waals surface area contributed by atoms with Crippen LogP contribution >= 0.6 is 0 Å². The lowest BCUT2D eigenvalue weighted by atomic mass is 10.1. The average molecular weight is 244 g/mol. The van der Waals surface area contributed by atoms with E-state index in [9.17, 15) is 9.59 Å². The number of hydrogen-bond donors (Lipinski definition) is 1. The van der Waals surface area contributed by atoms with Crippen LogP contribution in [0, 0.1) is 6.92 Å². The van der Waals surface area contributed by atoms with Crippen molar-refractivity contribution in [2.45, 2.75) is 13.5 Å². The number of aromatic nitrogens is 2. The Hall–Kier alpha value is -2.43. The molecule has 0 saturated heterocycles. The van der Waals surface area contributed by atoms with E-state index in [1.807, 2.05) is 6.92 Å². The van der Waals surface area contributed by atoms with Crippen LogP contribution < -0.4 is 5.56 Å². The van der Waals surface area contributed by atoms with Gasteiger partial charge in [0.05, 0.1) is 17.8 Å². The van der Waals surface area contributed by atoms with Crippen molar-refractivity contribution >= 4 is 5.97 Å². The Morgan fingerprint density at radius 2 is 1.89 bits per heavy atom. The van der Waals surface area contributed by atoms with Crippen LogP contribution in [0.4, 0.5) is 0 Å². The number of rotatable bonds is 3. The number of aromatic carboxylic acids is 1. The fourth-order valence-electron chi connectivity index (χ4n) is 1.59. The molecule has 0 aliphatic carbocycles. The van der Waals surface area contributed by atoms with E-state index in [1.165, 1.54) is 22.9 Å². The van der Waals surface area contributed by atoms with E-state index in [0.29, 0.717) is 6.54 Å². The molecule has 0 amide bonds. The van der Waals surface area contributed by atoms with Crippen LogP contribution in [0.3, 0.4) is 0 Å². The van der Waals surface area contributed by atoms with Gasteiger partial charge in [0, 0.05) is 6.07 Å². The van der Waals surface area contributed by atoms with Crippen LogP contribution in [0.25, 0.3) is 0 Å². The molecule has 0 spiro atoms. The van der Waals surface area contributed by atoms with E-state index in [4.69, 9.17) is 5.11 Å². The molecule has 0 aliphatic rings. The molecule has 18 heavy (non-hydrogen) atoms. The molecule has 2 rings (SSSR count). The van der Waals surface area contributed by atoms with Gasteiger partial charge in [0.25, 0.3) is 5.56 Å². The Balaban J connectivity index is 2.26. The predicted molar refractivity (Wildman–Crippen MR) is 65.7 cm³/mol. The number of carbonyl (C=O) groups is 1. The van der Waals surface area contributed by atoms with Crippen molar-refractivity contribution < 1.29 is 9.90 Å².